The van der Waals surface area contributed by atoms with Gasteiger partial charge in [0, 0.05) is 24.0 Å². The minimum Gasteiger partial charge on any atom is -0.324 e. The Hall–Kier alpha value is -3.18. The summed E-state index contributed by atoms with van der Waals surface area (Å²) in [7, 11) is 0. The largest absolute Gasteiger partial charge is 0.324 e. The average molecular weight is 330 g/mol. The Morgan fingerprint density at radius 3 is 2.56 bits per heavy atom. The molecule has 25 heavy (non-hydrogen) atoms. The fourth-order valence-corrected chi connectivity index (χ4v) is 3.02. The SMILES string of the molecule is NC(Cc1ccccc1)c1cncc(-c2ccc3[nH]c(=O)[nH]c3c2)c1. The van der Waals surface area contributed by atoms with E-state index in [1.165, 1.54) is 5.56 Å². The van der Waals surface area contributed by atoms with E-state index in [1.54, 1.807) is 0 Å². The van der Waals surface area contributed by atoms with Crippen LogP contribution >= 0.6 is 0 Å². The zero-order chi connectivity index (χ0) is 17.2. The van der Waals surface area contributed by atoms with Crippen LogP contribution in [0.3, 0.4) is 0 Å². The van der Waals surface area contributed by atoms with E-state index in [4.69, 9.17) is 5.73 Å². The van der Waals surface area contributed by atoms with Crippen molar-refractivity contribution < 1.29 is 0 Å². The number of nitrogens with one attached hydrogen (secondary N) is 2. The lowest BCUT2D eigenvalue weighted by Gasteiger charge is -2.13. The van der Waals surface area contributed by atoms with Gasteiger partial charge in [-0.3, -0.25) is 4.98 Å². The highest BCUT2D eigenvalue weighted by Crippen LogP contribution is 2.25. The Kier molecular flexibility index (Phi) is 3.91. The Bertz CT molecular complexity index is 1070. The van der Waals surface area contributed by atoms with Gasteiger partial charge in [0.25, 0.3) is 0 Å². The van der Waals surface area contributed by atoms with Crippen molar-refractivity contribution in [2.24, 2.45) is 5.73 Å². The van der Waals surface area contributed by atoms with Gasteiger partial charge >= 0.3 is 5.69 Å². The van der Waals surface area contributed by atoms with Gasteiger partial charge in [-0.2, -0.15) is 0 Å². The summed E-state index contributed by atoms with van der Waals surface area (Å²) in [6.45, 7) is 0. The molecule has 2 heterocycles. The average Bonchev–Trinajstić information content (AvgIpc) is 3.02. The van der Waals surface area contributed by atoms with Crippen molar-refractivity contribution in [3.8, 4) is 11.1 Å². The van der Waals surface area contributed by atoms with E-state index >= 15 is 0 Å². The Labute approximate surface area is 144 Å². The second kappa shape index (κ2) is 6.37. The van der Waals surface area contributed by atoms with Crippen molar-refractivity contribution >= 4 is 11.0 Å². The van der Waals surface area contributed by atoms with Crippen LogP contribution in [0.4, 0.5) is 0 Å². The molecule has 0 aliphatic rings. The van der Waals surface area contributed by atoms with E-state index in [0.717, 1.165) is 34.1 Å². The van der Waals surface area contributed by atoms with Crippen LogP contribution in [0, 0.1) is 0 Å². The van der Waals surface area contributed by atoms with Gasteiger partial charge in [0.2, 0.25) is 0 Å². The highest BCUT2D eigenvalue weighted by Gasteiger charge is 2.10. The lowest BCUT2D eigenvalue weighted by molar-refractivity contribution is 0.718. The van der Waals surface area contributed by atoms with Gasteiger partial charge in [-0.25, -0.2) is 4.79 Å². The second-order valence-corrected chi connectivity index (χ2v) is 6.14. The first-order valence-corrected chi connectivity index (χ1v) is 8.16. The molecule has 0 saturated carbocycles. The number of nitrogens with two attached hydrogens (primary N) is 1. The molecule has 4 rings (SSSR count). The lowest BCUT2D eigenvalue weighted by atomic mass is 9.98. The third-order valence-electron chi connectivity index (χ3n) is 4.34. The molecule has 5 nitrogen and oxygen atoms in total. The second-order valence-electron chi connectivity index (χ2n) is 6.14. The molecular weight excluding hydrogens is 312 g/mol. The van der Waals surface area contributed by atoms with Gasteiger partial charge < -0.3 is 15.7 Å². The van der Waals surface area contributed by atoms with Crippen molar-refractivity contribution in [2.45, 2.75) is 12.5 Å². The van der Waals surface area contributed by atoms with Crippen LogP contribution in [0.2, 0.25) is 0 Å². The zero-order valence-corrected chi connectivity index (χ0v) is 13.6. The number of rotatable bonds is 4. The molecule has 5 heteroatoms. The first kappa shape index (κ1) is 15.4. The minimum absolute atomic E-state index is 0.120. The monoisotopic (exact) mass is 330 g/mol. The molecule has 0 fully saturated rings. The maximum Gasteiger partial charge on any atom is 0.323 e. The van der Waals surface area contributed by atoms with Crippen LogP contribution in [-0.2, 0) is 6.42 Å². The predicted octanol–water partition coefficient (Wildman–Crippen LogP) is 3.16. The van der Waals surface area contributed by atoms with Crippen LogP contribution in [0.1, 0.15) is 17.2 Å². The number of aromatic nitrogens is 3. The molecule has 0 aliphatic carbocycles. The normalized spacial score (nSPS) is 12.4. The maximum absolute atomic E-state index is 11.4. The molecule has 0 spiro atoms. The fourth-order valence-electron chi connectivity index (χ4n) is 3.02. The molecule has 0 bridgehead atoms. The fraction of sp³-hybridized carbons (Fsp3) is 0.100. The highest BCUT2D eigenvalue weighted by molar-refractivity contribution is 5.81. The van der Waals surface area contributed by atoms with E-state index in [-0.39, 0.29) is 11.7 Å². The number of hydrogen-bond donors (Lipinski definition) is 3. The van der Waals surface area contributed by atoms with Crippen LogP contribution in [-0.4, -0.2) is 15.0 Å². The quantitative estimate of drug-likeness (QED) is 0.537. The van der Waals surface area contributed by atoms with Crippen LogP contribution in [0.15, 0.2) is 71.8 Å². The number of H-pyrrole nitrogens is 2. The van der Waals surface area contributed by atoms with E-state index in [2.05, 4.69) is 33.2 Å². The molecule has 0 aliphatic heterocycles. The summed E-state index contributed by atoms with van der Waals surface area (Å²) in [6.07, 6.45) is 4.38. The van der Waals surface area contributed by atoms with Crippen molar-refractivity contribution in [3.05, 3.63) is 88.6 Å². The predicted molar refractivity (Wildman–Crippen MR) is 99.2 cm³/mol. The zero-order valence-electron chi connectivity index (χ0n) is 13.6. The molecule has 4 N–H and O–H groups in total. The smallest absolute Gasteiger partial charge is 0.323 e. The number of imidazole rings is 1. The number of hydrogen-bond acceptors (Lipinski definition) is 3. The Morgan fingerprint density at radius 2 is 1.72 bits per heavy atom. The van der Waals surface area contributed by atoms with Gasteiger partial charge in [-0.15, -0.1) is 0 Å². The van der Waals surface area contributed by atoms with E-state index in [1.807, 2.05) is 48.8 Å². The van der Waals surface area contributed by atoms with Crippen LogP contribution < -0.4 is 11.4 Å². The van der Waals surface area contributed by atoms with E-state index < -0.39 is 0 Å². The standard InChI is InChI=1S/C20H18N4O/c21-17(8-13-4-2-1-3-5-13)16-9-15(11-22-12-16)14-6-7-18-19(10-14)24-20(25)23-18/h1-7,9-12,17H,8,21H2,(H2,23,24,25). The molecule has 0 amide bonds. The number of fused-ring (bicyclic) bond motifs is 1. The van der Waals surface area contributed by atoms with Gasteiger partial charge in [0.05, 0.1) is 11.0 Å². The molecule has 4 aromatic rings. The summed E-state index contributed by atoms with van der Waals surface area (Å²) in [4.78, 5) is 21.3. The lowest BCUT2D eigenvalue weighted by Crippen LogP contribution is -2.13. The van der Waals surface area contributed by atoms with Crippen molar-refractivity contribution in [3.63, 3.8) is 0 Å². The first-order chi connectivity index (χ1) is 12.2. The molecule has 124 valence electrons. The summed E-state index contributed by atoms with van der Waals surface area (Å²) in [6, 6.07) is 17.9. The summed E-state index contributed by atoms with van der Waals surface area (Å²) in [5.41, 5.74) is 11.9. The summed E-state index contributed by atoms with van der Waals surface area (Å²) in [5.74, 6) is 0. The van der Waals surface area contributed by atoms with Gasteiger partial charge in [-0.05, 0) is 41.3 Å². The molecular formula is C20H18N4O. The Morgan fingerprint density at radius 1 is 0.920 bits per heavy atom. The van der Waals surface area contributed by atoms with Gasteiger partial charge in [0.15, 0.2) is 0 Å². The molecule has 0 radical (unpaired) electrons. The number of pyridine rings is 1. The van der Waals surface area contributed by atoms with Crippen molar-refractivity contribution in [1.82, 2.24) is 15.0 Å². The van der Waals surface area contributed by atoms with Crippen LogP contribution in [0.25, 0.3) is 22.2 Å². The molecule has 1 atom stereocenters. The third kappa shape index (κ3) is 3.22. The number of benzene rings is 2. The third-order valence-corrected chi connectivity index (χ3v) is 4.34. The molecule has 2 aromatic heterocycles. The van der Waals surface area contributed by atoms with Gasteiger partial charge in [0.1, 0.15) is 0 Å². The van der Waals surface area contributed by atoms with Crippen LogP contribution in [0.5, 0.6) is 0 Å². The topological polar surface area (TPSA) is 87.6 Å². The summed E-state index contributed by atoms with van der Waals surface area (Å²) in [5, 5.41) is 0. The van der Waals surface area contributed by atoms with Crippen molar-refractivity contribution in [1.29, 1.82) is 0 Å². The summed E-state index contributed by atoms with van der Waals surface area (Å²) >= 11 is 0. The molecule has 0 saturated heterocycles. The Balaban J connectivity index is 1.64. The maximum atomic E-state index is 11.4. The molecule has 2 aromatic carbocycles. The first-order valence-electron chi connectivity index (χ1n) is 8.16. The highest BCUT2D eigenvalue weighted by atomic mass is 16.1. The summed E-state index contributed by atoms with van der Waals surface area (Å²) < 4.78 is 0. The van der Waals surface area contributed by atoms with Crippen molar-refractivity contribution in [2.75, 3.05) is 0 Å². The van der Waals surface area contributed by atoms with E-state index in [9.17, 15) is 4.79 Å². The number of nitrogens with zero attached hydrogens (tertiary/aromatic N) is 1. The van der Waals surface area contributed by atoms with E-state index in [0.29, 0.717) is 0 Å². The molecule has 1 unspecified atom stereocenters. The van der Waals surface area contributed by atoms with Gasteiger partial charge in [-0.1, -0.05) is 36.4 Å². The number of aromatic amines is 2. The minimum atomic E-state index is -0.205.